The maximum Gasteiger partial charge on any atom is 0.227 e. The number of hydrogen-bond acceptors (Lipinski definition) is 3. The third-order valence-corrected chi connectivity index (χ3v) is 12.0. The molecule has 56 heavy (non-hydrogen) atoms. The zero-order chi connectivity index (χ0) is 38.2. The van der Waals surface area contributed by atoms with Crippen molar-refractivity contribution in [3.05, 3.63) is 131 Å². The summed E-state index contributed by atoms with van der Waals surface area (Å²) in [7, 11) is 0. The van der Waals surface area contributed by atoms with Crippen molar-refractivity contribution < 1.29 is 14.3 Å². The van der Waals surface area contributed by atoms with Gasteiger partial charge in [-0.15, -0.1) is 0 Å². The fourth-order valence-electron chi connectivity index (χ4n) is 8.64. The van der Waals surface area contributed by atoms with Gasteiger partial charge in [0.2, 0.25) is 5.91 Å². The quantitative estimate of drug-likeness (QED) is 0.166. The molecule has 0 fully saturated rings. The van der Waals surface area contributed by atoms with E-state index in [0.717, 1.165) is 42.7 Å². The molecule has 6 aromatic rings. The van der Waals surface area contributed by atoms with Crippen LogP contribution >= 0.6 is 0 Å². The summed E-state index contributed by atoms with van der Waals surface area (Å²) in [6.45, 7) is 4.00. The van der Waals surface area contributed by atoms with Gasteiger partial charge in [-0.3, -0.25) is 4.79 Å². The summed E-state index contributed by atoms with van der Waals surface area (Å²) < 4.78 is 12.1. The Morgan fingerprint density at radius 1 is 0.429 bits per heavy atom. The molecule has 9 rings (SSSR count). The second-order valence-electron chi connectivity index (χ2n) is 16.4. The molecule has 0 atom stereocenters. The van der Waals surface area contributed by atoms with E-state index in [-0.39, 0.29) is 5.91 Å². The van der Waals surface area contributed by atoms with Crippen molar-refractivity contribution in [2.75, 3.05) is 13.2 Å². The van der Waals surface area contributed by atoms with Crippen LogP contribution in [-0.4, -0.2) is 24.0 Å². The summed E-state index contributed by atoms with van der Waals surface area (Å²) in [4.78, 5) is 16.4. The van der Waals surface area contributed by atoms with Crippen LogP contribution in [0.15, 0.2) is 103 Å². The van der Waals surface area contributed by atoms with Gasteiger partial charge in [0, 0.05) is 26.3 Å². The largest absolute Gasteiger partial charge is 0.377 e. The maximum atomic E-state index is 14.4. The molecule has 3 heterocycles. The summed E-state index contributed by atoms with van der Waals surface area (Å²) in [5, 5.41) is 7.42. The summed E-state index contributed by atoms with van der Waals surface area (Å²) in [6.07, 6.45) is 21.7. The van der Waals surface area contributed by atoms with Crippen molar-refractivity contribution in [3.8, 4) is 0 Å². The smallest absolute Gasteiger partial charge is 0.227 e. The molecule has 0 saturated carbocycles. The molecule has 3 aliphatic rings. The van der Waals surface area contributed by atoms with Crippen LogP contribution in [0.1, 0.15) is 131 Å². The van der Waals surface area contributed by atoms with Crippen molar-refractivity contribution in [2.24, 2.45) is 0 Å². The van der Waals surface area contributed by atoms with Gasteiger partial charge in [0.15, 0.2) is 0 Å². The average Bonchev–Trinajstić information content (AvgIpc) is 3.23. The number of fused-ring (bicyclic) bond motifs is 2. The van der Waals surface area contributed by atoms with E-state index in [1.54, 1.807) is 0 Å². The van der Waals surface area contributed by atoms with Gasteiger partial charge < -0.3 is 14.4 Å². The van der Waals surface area contributed by atoms with E-state index in [4.69, 9.17) is 9.47 Å². The lowest BCUT2D eigenvalue weighted by molar-refractivity contribution is -0.131. The Hall–Kier alpha value is -4.25. The Morgan fingerprint density at radius 3 is 1.30 bits per heavy atom. The minimum atomic E-state index is 0.132. The van der Waals surface area contributed by atoms with Gasteiger partial charge in [0.25, 0.3) is 0 Å². The van der Waals surface area contributed by atoms with E-state index < -0.39 is 0 Å². The van der Waals surface area contributed by atoms with E-state index >= 15 is 0 Å². The van der Waals surface area contributed by atoms with Gasteiger partial charge in [-0.05, 0) is 73.0 Å². The molecular formula is C52H63NO3. The van der Waals surface area contributed by atoms with Crippen LogP contribution in [0.2, 0.25) is 0 Å². The van der Waals surface area contributed by atoms with Gasteiger partial charge in [-0.2, -0.15) is 0 Å². The van der Waals surface area contributed by atoms with Crippen molar-refractivity contribution >= 4 is 38.2 Å². The number of amides is 1. The van der Waals surface area contributed by atoms with Gasteiger partial charge in [-0.1, -0.05) is 193 Å². The Labute approximate surface area is 335 Å². The van der Waals surface area contributed by atoms with Crippen LogP contribution in [0.3, 0.4) is 0 Å². The number of nitrogens with zero attached hydrogens (tertiary/aromatic N) is 1. The first kappa shape index (κ1) is 40.0. The summed E-state index contributed by atoms with van der Waals surface area (Å²) in [5.74, 6) is 0.132. The topological polar surface area (TPSA) is 38.8 Å². The van der Waals surface area contributed by atoms with Gasteiger partial charge in [0.05, 0.1) is 19.6 Å². The van der Waals surface area contributed by atoms with Crippen LogP contribution in [-0.2, 0) is 47.0 Å². The predicted molar refractivity (Wildman–Crippen MR) is 234 cm³/mol. The van der Waals surface area contributed by atoms with Crippen molar-refractivity contribution in [1.29, 1.82) is 0 Å². The molecule has 6 aromatic carbocycles. The van der Waals surface area contributed by atoms with E-state index in [0.29, 0.717) is 32.7 Å². The first-order valence-electron chi connectivity index (χ1n) is 22.0. The lowest BCUT2D eigenvalue weighted by Crippen LogP contribution is -2.31. The summed E-state index contributed by atoms with van der Waals surface area (Å²) in [6, 6.07) is 37.0. The highest BCUT2D eigenvalue weighted by Gasteiger charge is 2.19. The van der Waals surface area contributed by atoms with Crippen LogP contribution in [0.5, 0.6) is 0 Å². The monoisotopic (exact) mass is 749 g/mol. The van der Waals surface area contributed by atoms with E-state index in [2.05, 4.69) is 103 Å². The van der Waals surface area contributed by atoms with Crippen LogP contribution in [0.25, 0.3) is 32.3 Å². The third-order valence-electron chi connectivity index (χ3n) is 12.0. The molecule has 0 aromatic heterocycles. The number of carbonyl (C=O) groups excluding carboxylic acids is 1. The normalized spacial score (nSPS) is 17.5. The predicted octanol–water partition coefficient (Wildman–Crippen LogP) is 13.6. The third kappa shape index (κ3) is 11.4. The molecule has 0 spiro atoms. The summed E-state index contributed by atoms with van der Waals surface area (Å²) >= 11 is 0. The Kier molecular flexibility index (Phi) is 15.2. The number of carbonyl (C=O) groups is 1. The number of benzene rings is 6. The second kappa shape index (κ2) is 21.3. The van der Waals surface area contributed by atoms with Gasteiger partial charge in [-0.25, -0.2) is 0 Å². The highest BCUT2D eigenvalue weighted by Crippen LogP contribution is 2.36. The molecular weight excluding hydrogens is 687 g/mol. The highest BCUT2D eigenvalue weighted by atomic mass is 16.5. The van der Waals surface area contributed by atoms with Gasteiger partial charge >= 0.3 is 0 Å². The molecule has 4 bridgehead atoms. The zero-order valence-electron chi connectivity index (χ0n) is 33.8. The molecule has 4 heteroatoms. The van der Waals surface area contributed by atoms with E-state index in [9.17, 15) is 4.79 Å². The lowest BCUT2D eigenvalue weighted by atomic mass is 9.91. The fourth-order valence-corrected chi connectivity index (χ4v) is 8.64. The van der Waals surface area contributed by atoms with Crippen LogP contribution in [0, 0.1) is 0 Å². The maximum absolute atomic E-state index is 14.4. The minimum absolute atomic E-state index is 0.132. The van der Waals surface area contributed by atoms with Crippen molar-refractivity contribution in [2.45, 2.75) is 135 Å². The van der Waals surface area contributed by atoms with E-state index in [1.165, 1.54) is 133 Å². The second-order valence-corrected chi connectivity index (χ2v) is 16.4. The van der Waals surface area contributed by atoms with Crippen molar-refractivity contribution in [3.63, 3.8) is 0 Å². The molecule has 0 unspecified atom stereocenters. The zero-order valence-corrected chi connectivity index (χ0v) is 33.8. The Balaban J connectivity index is 1.02. The first-order chi connectivity index (χ1) is 27.7. The molecule has 0 radical (unpaired) electrons. The molecule has 3 aliphatic heterocycles. The van der Waals surface area contributed by atoms with Crippen LogP contribution in [0.4, 0.5) is 0 Å². The van der Waals surface area contributed by atoms with Crippen molar-refractivity contribution in [1.82, 2.24) is 4.90 Å². The first-order valence-corrected chi connectivity index (χ1v) is 22.0. The van der Waals surface area contributed by atoms with E-state index in [1.807, 2.05) is 4.90 Å². The standard InChI is InChI=1S/C52H63NO3/c54-50(36-48-31-30-47-29-28-45-18-17-19-46-32-33-49(48)52(47)51(45)46)53-37-41-20-24-43(25-21-41)39-55-34-15-13-11-9-7-5-3-1-2-4-6-8-10-12-14-16-35-56-40-44-26-22-42(38-53)23-27-44/h17-33H,1-16,34-40H2. The SMILES string of the molecule is O=C(Cc1ccc2ccc3cccc4ccc1c2c34)N1Cc2ccc(cc2)COCCCCCCCCCCCCCCCCCCOCc2ccc(cc2)C1. The molecule has 0 aliphatic carbocycles. The molecule has 4 nitrogen and oxygen atoms in total. The fraction of sp³-hybridized carbons (Fsp3) is 0.442. The Bertz CT molecular complexity index is 1980. The minimum Gasteiger partial charge on any atom is -0.377 e. The summed E-state index contributed by atoms with van der Waals surface area (Å²) in [5.41, 5.74) is 5.70. The molecule has 294 valence electrons. The highest BCUT2D eigenvalue weighted by molar-refractivity contribution is 6.23. The molecule has 0 N–H and O–H groups in total. The Morgan fingerprint density at radius 2 is 0.821 bits per heavy atom. The van der Waals surface area contributed by atoms with Gasteiger partial charge in [0.1, 0.15) is 0 Å². The molecule has 0 saturated heterocycles. The van der Waals surface area contributed by atoms with Crippen LogP contribution < -0.4 is 0 Å². The number of rotatable bonds is 2. The average molecular weight is 750 g/mol. The lowest BCUT2D eigenvalue weighted by Gasteiger charge is -2.24. The number of hydrogen-bond donors (Lipinski definition) is 0. The molecule has 1 amide bonds. The number of ether oxygens (including phenoxy) is 2.